The van der Waals surface area contributed by atoms with E-state index in [0.717, 1.165) is 0 Å². The molecule has 1 aromatic carbocycles. The third-order valence-electron chi connectivity index (χ3n) is 1.33. The Labute approximate surface area is 59.1 Å². The van der Waals surface area contributed by atoms with Crippen LogP contribution in [-0.2, 0) is 0 Å². The molecular weight excluding hydrogens is 131 g/mol. The molecule has 0 heterocycles. The number of phenolic OH excluding ortho intramolecular Hbond substituents is 1. The van der Waals surface area contributed by atoms with Crippen LogP contribution in [0.5, 0.6) is 5.75 Å². The second-order valence-electron chi connectivity index (χ2n) is 2.21. The summed E-state index contributed by atoms with van der Waals surface area (Å²) in [5.41, 5.74) is 0.514. The average molecular weight is 140 g/mol. The number of aromatic hydroxyl groups is 1. The normalized spacial score (nSPS) is 13.0. The van der Waals surface area contributed by atoms with Crippen molar-refractivity contribution in [2.24, 2.45) is 0 Å². The molecule has 0 fully saturated rings. The molecule has 0 saturated heterocycles. The van der Waals surface area contributed by atoms with E-state index >= 15 is 0 Å². The summed E-state index contributed by atoms with van der Waals surface area (Å²) in [6.45, 7) is 1.44. The lowest BCUT2D eigenvalue weighted by atomic mass is 10.1. The molecule has 0 aromatic heterocycles. The topological polar surface area (TPSA) is 20.2 Å². The Kier molecular flexibility index (Phi) is 1.90. The quantitative estimate of drug-likeness (QED) is 0.635. The van der Waals surface area contributed by atoms with Crippen molar-refractivity contribution in [2.45, 2.75) is 13.1 Å². The SMILES string of the molecule is CC(F)c1cccc(O)c1. The van der Waals surface area contributed by atoms with Gasteiger partial charge in [-0.05, 0) is 24.6 Å². The Morgan fingerprint density at radius 1 is 1.50 bits per heavy atom. The fourth-order valence-corrected chi connectivity index (χ4v) is 0.772. The van der Waals surface area contributed by atoms with Crippen molar-refractivity contribution in [2.75, 3.05) is 0 Å². The fourth-order valence-electron chi connectivity index (χ4n) is 0.772. The first-order chi connectivity index (χ1) is 4.70. The minimum absolute atomic E-state index is 0.113. The number of benzene rings is 1. The number of rotatable bonds is 1. The number of hydrogen-bond donors (Lipinski definition) is 1. The first-order valence-electron chi connectivity index (χ1n) is 3.13. The second kappa shape index (κ2) is 2.69. The minimum atomic E-state index is -1.01. The number of phenols is 1. The predicted molar refractivity (Wildman–Crippen MR) is 37.6 cm³/mol. The van der Waals surface area contributed by atoms with Crippen LogP contribution < -0.4 is 0 Å². The molecule has 10 heavy (non-hydrogen) atoms. The van der Waals surface area contributed by atoms with Gasteiger partial charge >= 0.3 is 0 Å². The van der Waals surface area contributed by atoms with Gasteiger partial charge in [0.2, 0.25) is 0 Å². The zero-order valence-corrected chi connectivity index (χ0v) is 5.71. The molecular formula is C8H9FO. The maximum absolute atomic E-state index is 12.5. The van der Waals surface area contributed by atoms with Crippen LogP contribution in [0.3, 0.4) is 0 Å². The Balaban J connectivity index is 2.96. The molecule has 2 heteroatoms. The standard InChI is InChI=1S/C8H9FO/c1-6(9)7-3-2-4-8(10)5-7/h2-6,10H,1H3. The van der Waals surface area contributed by atoms with Crippen molar-refractivity contribution in [3.63, 3.8) is 0 Å². The summed E-state index contributed by atoms with van der Waals surface area (Å²) in [6, 6.07) is 6.21. The van der Waals surface area contributed by atoms with Gasteiger partial charge in [0.05, 0.1) is 0 Å². The van der Waals surface area contributed by atoms with E-state index in [1.807, 2.05) is 0 Å². The highest BCUT2D eigenvalue weighted by Gasteiger charge is 2.01. The van der Waals surface area contributed by atoms with E-state index in [1.54, 1.807) is 12.1 Å². The molecule has 1 atom stereocenters. The van der Waals surface area contributed by atoms with Crippen molar-refractivity contribution < 1.29 is 9.50 Å². The van der Waals surface area contributed by atoms with Crippen LogP contribution in [0.15, 0.2) is 24.3 Å². The zero-order chi connectivity index (χ0) is 7.56. The van der Waals surface area contributed by atoms with Crippen LogP contribution >= 0.6 is 0 Å². The molecule has 0 bridgehead atoms. The molecule has 1 N–H and O–H groups in total. The van der Waals surface area contributed by atoms with Crippen LogP contribution in [0.4, 0.5) is 4.39 Å². The van der Waals surface area contributed by atoms with E-state index in [-0.39, 0.29) is 5.75 Å². The Morgan fingerprint density at radius 2 is 2.20 bits per heavy atom. The van der Waals surface area contributed by atoms with Gasteiger partial charge in [-0.15, -0.1) is 0 Å². The molecule has 0 spiro atoms. The van der Waals surface area contributed by atoms with E-state index in [2.05, 4.69) is 0 Å². The highest BCUT2D eigenvalue weighted by Crippen LogP contribution is 2.19. The van der Waals surface area contributed by atoms with Crippen molar-refractivity contribution in [1.29, 1.82) is 0 Å². The van der Waals surface area contributed by atoms with Crippen molar-refractivity contribution in [3.8, 4) is 5.75 Å². The van der Waals surface area contributed by atoms with Gasteiger partial charge < -0.3 is 5.11 Å². The van der Waals surface area contributed by atoms with Gasteiger partial charge in [-0.3, -0.25) is 0 Å². The smallest absolute Gasteiger partial charge is 0.122 e. The lowest BCUT2D eigenvalue weighted by molar-refractivity contribution is 0.372. The largest absolute Gasteiger partial charge is 0.508 e. The minimum Gasteiger partial charge on any atom is -0.508 e. The number of alkyl halides is 1. The Morgan fingerprint density at radius 3 is 2.60 bits per heavy atom. The van der Waals surface area contributed by atoms with Crippen molar-refractivity contribution in [3.05, 3.63) is 29.8 Å². The maximum atomic E-state index is 12.5. The van der Waals surface area contributed by atoms with Crippen molar-refractivity contribution >= 4 is 0 Å². The van der Waals surface area contributed by atoms with Crippen molar-refractivity contribution in [1.82, 2.24) is 0 Å². The molecule has 0 aliphatic rings. The monoisotopic (exact) mass is 140 g/mol. The van der Waals surface area contributed by atoms with E-state index in [9.17, 15) is 4.39 Å². The van der Waals surface area contributed by atoms with Gasteiger partial charge in [0, 0.05) is 0 Å². The van der Waals surface area contributed by atoms with Gasteiger partial charge in [0.1, 0.15) is 11.9 Å². The molecule has 54 valence electrons. The maximum Gasteiger partial charge on any atom is 0.122 e. The van der Waals surface area contributed by atoms with Gasteiger partial charge in [0.25, 0.3) is 0 Å². The summed E-state index contributed by atoms with van der Waals surface area (Å²) in [5, 5.41) is 8.90. The molecule has 0 amide bonds. The number of halogens is 1. The lowest BCUT2D eigenvalue weighted by Crippen LogP contribution is -1.82. The molecule has 1 unspecified atom stereocenters. The summed E-state index contributed by atoms with van der Waals surface area (Å²) in [6.07, 6.45) is -1.01. The molecule has 1 aromatic rings. The summed E-state index contributed by atoms with van der Waals surface area (Å²) in [5.74, 6) is 0.113. The Hall–Kier alpha value is -1.05. The molecule has 0 aliphatic carbocycles. The number of hydrogen-bond acceptors (Lipinski definition) is 1. The first kappa shape index (κ1) is 7.06. The predicted octanol–water partition coefficient (Wildman–Crippen LogP) is 2.42. The zero-order valence-electron chi connectivity index (χ0n) is 5.71. The van der Waals surface area contributed by atoms with Crippen LogP contribution in [0, 0.1) is 0 Å². The molecule has 0 radical (unpaired) electrons. The highest BCUT2D eigenvalue weighted by atomic mass is 19.1. The Bertz CT molecular complexity index is 220. The van der Waals surface area contributed by atoms with Crippen LogP contribution in [0.25, 0.3) is 0 Å². The first-order valence-corrected chi connectivity index (χ1v) is 3.13. The lowest BCUT2D eigenvalue weighted by Gasteiger charge is -2.00. The van der Waals surface area contributed by atoms with E-state index in [1.165, 1.54) is 19.1 Å². The van der Waals surface area contributed by atoms with E-state index in [4.69, 9.17) is 5.11 Å². The fraction of sp³-hybridized carbons (Fsp3) is 0.250. The summed E-state index contributed by atoms with van der Waals surface area (Å²) >= 11 is 0. The van der Waals surface area contributed by atoms with Crippen LogP contribution in [0.2, 0.25) is 0 Å². The summed E-state index contributed by atoms with van der Waals surface area (Å²) < 4.78 is 12.5. The van der Waals surface area contributed by atoms with E-state index in [0.29, 0.717) is 5.56 Å². The van der Waals surface area contributed by atoms with Gasteiger partial charge in [-0.2, -0.15) is 0 Å². The molecule has 0 saturated carbocycles. The van der Waals surface area contributed by atoms with E-state index < -0.39 is 6.17 Å². The summed E-state index contributed by atoms with van der Waals surface area (Å²) in [7, 11) is 0. The average Bonchev–Trinajstić information content (AvgIpc) is 1.88. The van der Waals surface area contributed by atoms with Gasteiger partial charge in [0.15, 0.2) is 0 Å². The molecule has 1 rings (SSSR count). The van der Waals surface area contributed by atoms with Crippen LogP contribution in [0.1, 0.15) is 18.7 Å². The summed E-state index contributed by atoms with van der Waals surface area (Å²) in [4.78, 5) is 0. The highest BCUT2D eigenvalue weighted by molar-refractivity contribution is 5.28. The molecule has 1 nitrogen and oxygen atoms in total. The third kappa shape index (κ3) is 1.47. The van der Waals surface area contributed by atoms with Gasteiger partial charge in [-0.25, -0.2) is 4.39 Å². The van der Waals surface area contributed by atoms with Crippen LogP contribution in [-0.4, -0.2) is 5.11 Å². The van der Waals surface area contributed by atoms with Gasteiger partial charge in [-0.1, -0.05) is 12.1 Å². The third-order valence-corrected chi connectivity index (χ3v) is 1.33. The molecule has 0 aliphatic heterocycles. The second-order valence-corrected chi connectivity index (χ2v) is 2.21.